The van der Waals surface area contributed by atoms with Crippen molar-refractivity contribution in [3.8, 4) is 0 Å². The van der Waals surface area contributed by atoms with Crippen LogP contribution in [0.3, 0.4) is 0 Å². The van der Waals surface area contributed by atoms with E-state index in [2.05, 4.69) is 29.4 Å². The van der Waals surface area contributed by atoms with Gasteiger partial charge in [-0.25, -0.2) is 9.18 Å². The van der Waals surface area contributed by atoms with Crippen LogP contribution in [0, 0.1) is 5.82 Å². The second-order valence-electron chi connectivity index (χ2n) is 10.1. The Morgan fingerprint density at radius 1 is 1.07 bits per heavy atom. The standard InChI is InChI=1S/C25H22F4N6O4.C3H8/c1-33-22(38)24(35(23(33)39)16-4-2-14-12-31-32-19(14)11-16)6-8-34(9-7-24)20(36)13-30-21(37)17-10-15(25(27,28)29)3-5-18(17)26;1-3-2/h2-5,10-12H,6-9,13H2,1H3,(H,30,37)(H,31,32);3H2,1-2H3. The van der Waals surface area contributed by atoms with Gasteiger partial charge in [0.05, 0.1) is 29.4 Å². The zero-order valence-electron chi connectivity index (χ0n) is 23.2. The van der Waals surface area contributed by atoms with E-state index in [1.54, 1.807) is 24.4 Å². The summed E-state index contributed by atoms with van der Waals surface area (Å²) in [6.45, 7) is 3.80. The lowest BCUT2D eigenvalue weighted by atomic mass is 9.85. The van der Waals surface area contributed by atoms with Gasteiger partial charge in [-0.1, -0.05) is 20.3 Å². The SMILES string of the molecule is CCC.CN1C(=O)N(c2ccc3cn[nH]c3c2)C2(CCN(C(=O)CNC(=O)c3cc(C(F)(F)F)ccc3F)CC2)C1=O. The van der Waals surface area contributed by atoms with Gasteiger partial charge in [0.1, 0.15) is 11.4 Å². The first-order valence-corrected chi connectivity index (χ1v) is 13.3. The number of nitrogens with one attached hydrogen (secondary N) is 2. The number of hydrogen-bond acceptors (Lipinski definition) is 5. The van der Waals surface area contributed by atoms with Crippen molar-refractivity contribution in [2.45, 2.75) is 44.8 Å². The second-order valence-corrected chi connectivity index (χ2v) is 10.1. The zero-order chi connectivity index (χ0) is 30.8. The van der Waals surface area contributed by atoms with Crippen LogP contribution in [0.2, 0.25) is 0 Å². The van der Waals surface area contributed by atoms with Crippen LogP contribution in [0.25, 0.3) is 10.9 Å². The molecule has 3 aromatic rings. The largest absolute Gasteiger partial charge is 0.416 e. The minimum Gasteiger partial charge on any atom is -0.343 e. The van der Waals surface area contributed by atoms with Gasteiger partial charge in [-0.2, -0.15) is 18.3 Å². The number of carbonyl (C=O) groups excluding carboxylic acids is 4. The van der Waals surface area contributed by atoms with Crippen LogP contribution in [-0.2, 0) is 15.8 Å². The maximum Gasteiger partial charge on any atom is 0.416 e. The summed E-state index contributed by atoms with van der Waals surface area (Å²) in [4.78, 5) is 55.3. The average molecular weight is 591 g/mol. The molecule has 0 radical (unpaired) electrons. The van der Waals surface area contributed by atoms with E-state index in [0.29, 0.717) is 29.4 Å². The fourth-order valence-electron chi connectivity index (χ4n) is 5.05. The van der Waals surface area contributed by atoms with Crippen molar-refractivity contribution in [3.05, 3.63) is 59.5 Å². The Morgan fingerprint density at radius 3 is 2.38 bits per heavy atom. The van der Waals surface area contributed by atoms with Crippen LogP contribution in [0.15, 0.2) is 42.6 Å². The predicted octanol–water partition coefficient (Wildman–Crippen LogP) is 4.33. The molecule has 3 heterocycles. The quantitative estimate of drug-likeness (QED) is 0.347. The second kappa shape index (κ2) is 11.8. The number of amides is 5. The third kappa shape index (κ3) is 5.65. The molecule has 2 aromatic carbocycles. The van der Waals surface area contributed by atoms with E-state index in [9.17, 15) is 36.7 Å². The molecule has 5 rings (SSSR count). The van der Waals surface area contributed by atoms with E-state index < -0.39 is 59.0 Å². The lowest BCUT2D eigenvalue weighted by Gasteiger charge is -2.42. The third-order valence-corrected chi connectivity index (χ3v) is 7.17. The molecule has 224 valence electrons. The first-order valence-electron chi connectivity index (χ1n) is 13.3. The van der Waals surface area contributed by atoms with Crippen molar-refractivity contribution in [1.29, 1.82) is 0 Å². The van der Waals surface area contributed by atoms with Gasteiger partial charge in [0.2, 0.25) is 5.91 Å². The van der Waals surface area contributed by atoms with Gasteiger partial charge >= 0.3 is 12.2 Å². The molecule has 0 saturated carbocycles. The summed E-state index contributed by atoms with van der Waals surface area (Å²) >= 11 is 0. The normalized spacial score (nSPS) is 16.6. The van der Waals surface area contributed by atoms with E-state index in [-0.39, 0.29) is 25.9 Å². The molecule has 5 amide bonds. The molecule has 1 aromatic heterocycles. The lowest BCUT2D eigenvalue weighted by molar-refractivity contribution is -0.137. The van der Waals surface area contributed by atoms with Crippen LogP contribution in [0.1, 0.15) is 49.0 Å². The number of aromatic amines is 1. The van der Waals surface area contributed by atoms with E-state index in [4.69, 9.17) is 0 Å². The van der Waals surface area contributed by atoms with Crippen molar-refractivity contribution in [1.82, 2.24) is 25.3 Å². The van der Waals surface area contributed by atoms with Gasteiger partial charge in [-0.3, -0.25) is 29.3 Å². The number of nitrogens with zero attached hydrogens (tertiary/aromatic N) is 4. The molecule has 0 aliphatic carbocycles. The number of alkyl halides is 3. The number of hydrogen-bond donors (Lipinski definition) is 2. The summed E-state index contributed by atoms with van der Waals surface area (Å²) in [7, 11) is 1.39. The molecule has 0 unspecified atom stereocenters. The van der Waals surface area contributed by atoms with Gasteiger partial charge < -0.3 is 10.2 Å². The van der Waals surface area contributed by atoms with Crippen molar-refractivity contribution in [2.24, 2.45) is 0 Å². The number of halogens is 4. The summed E-state index contributed by atoms with van der Waals surface area (Å²) in [6.07, 6.45) is -1.66. The highest BCUT2D eigenvalue weighted by atomic mass is 19.4. The highest BCUT2D eigenvalue weighted by molar-refractivity contribution is 6.17. The Hall–Kier alpha value is -4.49. The summed E-state index contributed by atoms with van der Waals surface area (Å²) in [6, 6.07) is 6.13. The molecule has 2 saturated heterocycles. The molecule has 0 atom stereocenters. The van der Waals surface area contributed by atoms with Crippen LogP contribution in [0.5, 0.6) is 0 Å². The zero-order valence-corrected chi connectivity index (χ0v) is 23.2. The number of anilines is 1. The fraction of sp³-hybridized carbons (Fsp3) is 0.393. The van der Waals surface area contributed by atoms with E-state index in [1.807, 2.05) is 0 Å². The number of aromatic nitrogens is 2. The molecule has 10 nitrogen and oxygen atoms in total. The minimum absolute atomic E-state index is 0.0717. The Labute approximate surface area is 238 Å². The highest BCUT2D eigenvalue weighted by Gasteiger charge is 2.57. The number of H-pyrrole nitrogens is 1. The molecule has 2 aliphatic rings. The number of piperidine rings is 1. The Bertz CT molecular complexity index is 1510. The molecule has 1 spiro atoms. The van der Waals surface area contributed by atoms with E-state index >= 15 is 0 Å². The van der Waals surface area contributed by atoms with Gasteiger partial charge in [-0.05, 0) is 49.2 Å². The molecule has 2 N–H and O–H groups in total. The van der Waals surface area contributed by atoms with Crippen LogP contribution in [-0.4, -0.2) is 76.0 Å². The minimum atomic E-state index is -4.77. The van der Waals surface area contributed by atoms with Crippen LogP contribution < -0.4 is 10.2 Å². The van der Waals surface area contributed by atoms with Crippen molar-refractivity contribution in [2.75, 3.05) is 31.6 Å². The molecule has 42 heavy (non-hydrogen) atoms. The van der Waals surface area contributed by atoms with Crippen LogP contribution >= 0.6 is 0 Å². The number of rotatable bonds is 4. The van der Waals surface area contributed by atoms with Gasteiger partial charge in [0.15, 0.2) is 0 Å². The smallest absolute Gasteiger partial charge is 0.343 e. The summed E-state index contributed by atoms with van der Waals surface area (Å²) in [5, 5.41) is 9.79. The molecule has 2 fully saturated rings. The predicted molar refractivity (Wildman–Crippen MR) is 145 cm³/mol. The number of fused-ring (bicyclic) bond motifs is 1. The van der Waals surface area contributed by atoms with Gasteiger partial charge in [0.25, 0.3) is 11.8 Å². The summed E-state index contributed by atoms with van der Waals surface area (Å²) in [5.41, 5.74) is -2.08. The Balaban J connectivity index is 0.00000129. The first-order chi connectivity index (χ1) is 19.8. The van der Waals surface area contributed by atoms with Gasteiger partial charge in [0, 0.05) is 31.2 Å². The van der Waals surface area contributed by atoms with Crippen molar-refractivity contribution in [3.63, 3.8) is 0 Å². The van der Waals surface area contributed by atoms with Crippen LogP contribution in [0.4, 0.5) is 28.0 Å². The molecule has 2 aliphatic heterocycles. The molecule has 14 heteroatoms. The highest BCUT2D eigenvalue weighted by Crippen LogP contribution is 2.40. The monoisotopic (exact) mass is 590 g/mol. The number of imide groups is 1. The molecule has 0 bridgehead atoms. The topological polar surface area (TPSA) is 119 Å². The Kier molecular flexibility index (Phi) is 8.55. The molecular formula is C28H30F4N6O4. The fourth-order valence-corrected chi connectivity index (χ4v) is 5.05. The lowest BCUT2D eigenvalue weighted by Crippen LogP contribution is -2.58. The van der Waals surface area contributed by atoms with Gasteiger partial charge in [-0.15, -0.1) is 0 Å². The number of carbonyl (C=O) groups is 4. The first kappa shape index (κ1) is 30.5. The number of likely N-dealkylation sites (tertiary alicyclic amines) is 1. The summed E-state index contributed by atoms with van der Waals surface area (Å²) < 4.78 is 52.8. The van der Waals surface area contributed by atoms with Crippen molar-refractivity contribution < 1.29 is 36.7 Å². The average Bonchev–Trinajstić information content (AvgIpc) is 3.49. The maximum absolute atomic E-state index is 14.0. The maximum atomic E-state index is 14.0. The number of benzene rings is 2. The van der Waals surface area contributed by atoms with E-state index in [0.717, 1.165) is 10.3 Å². The number of urea groups is 1. The van der Waals surface area contributed by atoms with E-state index in [1.165, 1.54) is 23.3 Å². The number of likely N-dealkylation sites (N-methyl/N-ethyl adjacent to an activating group) is 1. The molecular weight excluding hydrogens is 560 g/mol. The third-order valence-electron chi connectivity index (χ3n) is 7.17. The van der Waals surface area contributed by atoms with Crippen molar-refractivity contribution >= 4 is 40.3 Å². The summed E-state index contributed by atoms with van der Waals surface area (Å²) in [5.74, 6) is -3.30. The Morgan fingerprint density at radius 2 is 1.74 bits per heavy atom.